The summed E-state index contributed by atoms with van der Waals surface area (Å²) in [7, 11) is 2.08. The van der Waals surface area contributed by atoms with E-state index in [1.165, 1.54) is 89.9 Å². The predicted molar refractivity (Wildman–Crippen MR) is 132 cm³/mol. The Morgan fingerprint density at radius 3 is 2.00 bits per heavy atom. The minimum atomic E-state index is 0.156. The summed E-state index contributed by atoms with van der Waals surface area (Å²) in [5, 5.41) is 0.824. The van der Waals surface area contributed by atoms with Crippen molar-refractivity contribution in [1.29, 1.82) is 0 Å². The van der Waals surface area contributed by atoms with Gasteiger partial charge < -0.3 is 4.57 Å². The van der Waals surface area contributed by atoms with Gasteiger partial charge in [0.05, 0.1) is 5.52 Å². The number of pyridine rings is 1. The molecule has 2 rings (SSSR count). The van der Waals surface area contributed by atoms with Crippen LogP contribution >= 0.6 is 0 Å². The molecule has 0 saturated carbocycles. The molecule has 0 saturated heterocycles. The number of hydrogen-bond acceptors (Lipinski definition) is 1. The van der Waals surface area contributed by atoms with Crippen molar-refractivity contribution in [2.24, 2.45) is 7.05 Å². The van der Waals surface area contributed by atoms with Gasteiger partial charge in [-0.05, 0) is 50.7 Å². The van der Waals surface area contributed by atoms with Crippen molar-refractivity contribution >= 4 is 10.9 Å². The van der Waals surface area contributed by atoms with Crippen LogP contribution in [0.2, 0.25) is 0 Å². The van der Waals surface area contributed by atoms with Crippen LogP contribution in [-0.2, 0) is 13.5 Å². The van der Waals surface area contributed by atoms with Crippen LogP contribution in [0.3, 0.4) is 0 Å². The highest BCUT2D eigenvalue weighted by molar-refractivity contribution is 5.79. The highest BCUT2D eigenvalue weighted by atomic mass is 16.1. The van der Waals surface area contributed by atoms with E-state index < -0.39 is 0 Å². The first-order valence-electron chi connectivity index (χ1n) is 12.5. The van der Waals surface area contributed by atoms with Crippen molar-refractivity contribution in [2.75, 3.05) is 0 Å². The van der Waals surface area contributed by atoms with Gasteiger partial charge in [0.1, 0.15) is 0 Å². The molecule has 0 radical (unpaired) electrons. The lowest BCUT2D eigenvalue weighted by Gasteiger charge is -2.12. The van der Waals surface area contributed by atoms with Gasteiger partial charge in [-0.3, -0.25) is 4.79 Å². The second kappa shape index (κ2) is 15.0. The van der Waals surface area contributed by atoms with E-state index in [9.17, 15) is 4.79 Å². The zero-order chi connectivity index (χ0) is 21.4. The van der Waals surface area contributed by atoms with E-state index in [0.29, 0.717) is 0 Å². The summed E-state index contributed by atoms with van der Waals surface area (Å²) in [5.41, 5.74) is 2.36. The molecular weight excluding hydrogens is 366 g/mol. The van der Waals surface area contributed by atoms with Crippen LogP contribution in [0, 0.1) is 0 Å². The van der Waals surface area contributed by atoms with Crippen molar-refractivity contribution in [3.05, 3.63) is 58.4 Å². The number of para-hydroxylation sites is 1. The fourth-order valence-electron chi connectivity index (χ4n) is 4.25. The maximum atomic E-state index is 12.3. The normalized spacial score (nSPS) is 11.7. The van der Waals surface area contributed by atoms with Crippen LogP contribution in [-0.4, -0.2) is 4.57 Å². The van der Waals surface area contributed by atoms with Crippen molar-refractivity contribution in [1.82, 2.24) is 4.57 Å². The minimum absolute atomic E-state index is 0.156. The van der Waals surface area contributed by atoms with Gasteiger partial charge in [0, 0.05) is 24.2 Å². The van der Waals surface area contributed by atoms with E-state index in [4.69, 9.17) is 0 Å². The Kier molecular flexibility index (Phi) is 12.3. The molecule has 0 amide bonds. The van der Waals surface area contributed by atoms with Crippen LogP contribution in [0.4, 0.5) is 0 Å². The third-order valence-electron chi connectivity index (χ3n) is 6.20. The number of allylic oxidation sites excluding steroid dienone is 2. The summed E-state index contributed by atoms with van der Waals surface area (Å²) in [5.74, 6) is 0. The van der Waals surface area contributed by atoms with Gasteiger partial charge in [-0.15, -0.1) is 0 Å². The highest BCUT2D eigenvalue weighted by Crippen LogP contribution is 2.15. The molecule has 1 heterocycles. The van der Waals surface area contributed by atoms with Gasteiger partial charge in [0.2, 0.25) is 0 Å². The van der Waals surface area contributed by atoms with E-state index in [2.05, 4.69) is 30.7 Å². The monoisotopic (exact) mass is 409 g/mol. The average molecular weight is 410 g/mol. The fourth-order valence-corrected chi connectivity index (χ4v) is 4.25. The van der Waals surface area contributed by atoms with Gasteiger partial charge in [-0.25, -0.2) is 0 Å². The highest BCUT2D eigenvalue weighted by Gasteiger charge is 2.05. The van der Waals surface area contributed by atoms with Crippen LogP contribution < -0.4 is 5.43 Å². The van der Waals surface area contributed by atoms with Crippen molar-refractivity contribution in [3.8, 4) is 0 Å². The Bertz CT molecular complexity index is 802. The molecule has 0 fully saturated rings. The first-order chi connectivity index (χ1) is 14.7. The second-order valence-corrected chi connectivity index (χ2v) is 8.76. The molecule has 2 heteroatoms. The van der Waals surface area contributed by atoms with Gasteiger partial charge >= 0.3 is 0 Å². The largest absolute Gasteiger partial charge is 0.347 e. The number of nitrogens with zero attached hydrogens (tertiary/aromatic N) is 1. The molecule has 0 aliphatic rings. The maximum Gasteiger partial charge on any atom is 0.189 e. The third-order valence-corrected chi connectivity index (χ3v) is 6.20. The SMILES string of the molecule is CCCCCCCC/C=C\CCCCCCCCc1cc(=O)c2ccccc2n1C. The van der Waals surface area contributed by atoms with Crippen molar-refractivity contribution in [2.45, 2.75) is 103 Å². The number of fused-ring (bicyclic) bond motifs is 1. The number of unbranched alkanes of at least 4 members (excludes halogenated alkanes) is 12. The van der Waals surface area contributed by atoms with Crippen LogP contribution in [0.1, 0.15) is 103 Å². The molecule has 0 aliphatic carbocycles. The van der Waals surface area contributed by atoms with Gasteiger partial charge in [-0.1, -0.05) is 89.0 Å². The van der Waals surface area contributed by atoms with Crippen LogP contribution in [0.15, 0.2) is 47.3 Å². The van der Waals surface area contributed by atoms with Crippen molar-refractivity contribution in [3.63, 3.8) is 0 Å². The Morgan fingerprint density at radius 1 is 0.767 bits per heavy atom. The van der Waals surface area contributed by atoms with E-state index >= 15 is 0 Å². The maximum absolute atomic E-state index is 12.3. The lowest BCUT2D eigenvalue weighted by atomic mass is 10.1. The topological polar surface area (TPSA) is 22.0 Å². The van der Waals surface area contributed by atoms with Gasteiger partial charge in [-0.2, -0.15) is 0 Å². The summed E-state index contributed by atoms with van der Waals surface area (Å²) in [6.07, 6.45) is 24.4. The number of aromatic nitrogens is 1. The smallest absolute Gasteiger partial charge is 0.189 e. The lowest BCUT2D eigenvalue weighted by molar-refractivity contribution is 0.589. The summed E-state index contributed by atoms with van der Waals surface area (Å²) < 4.78 is 2.19. The van der Waals surface area contributed by atoms with E-state index in [1.807, 2.05) is 30.3 Å². The first-order valence-corrected chi connectivity index (χ1v) is 12.5. The quantitative estimate of drug-likeness (QED) is 0.203. The summed E-state index contributed by atoms with van der Waals surface area (Å²) in [6.45, 7) is 2.28. The fraction of sp³-hybridized carbons (Fsp3) is 0.607. The van der Waals surface area contributed by atoms with E-state index in [0.717, 1.165) is 23.0 Å². The Balaban J connectivity index is 1.49. The molecule has 2 nitrogen and oxygen atoms in total. The first kappa shape index (κ1) is 24.4. The standard InChI is InChI=1S/C28H43NO/c1-3-4-5-6-7-8-9-10-11-12-13-14-15-16-17-18-21-25-24-28(30)26-22-19-20-23-27(26)29(25)2/h10-11,19-20,22-24H,3-9,12-18,21H2,1-2H3/b11-10-. The zero-order valence-electron chi connectivity index (χ0n) is 19.5. The molecule has 1 aromatic heterocycles. The molecule has 0 N–H and O–H groups in total. The number of hydrogen-bond donors (Lipinski definition) is 0. The molecule has 2 aromatic rings. The zero-order valence-corrected chi connectivity index (χ0v) is 19.5. The summed E-state index contributed by atoms with van der Waals surface area (Å²) >= 11 is 0. The molecule has 30 heavy (non-hydrogen) atoms. The average Bonchev–Trinajstić information content (AvgIpc) is 2.76. The molecule has 166 valence electrons. The molecule has 0 atom stereocenters. The van der Waals surface area contributed by atoms with Crippen LogP contribution in [0.5, 0.6) is 0 Å². The van der Waals surface area contributed by atoms with Gasteiger partial charge in [0.25, 0.3) is 0 Å². The van der Waals surface area contributed by atoms with E-state index in [1.54, 1.807) is 0 Å². The molecule has 0 spiro atoms. The number of benzene rings is 1. The third kappa shape index (κ3) is 8.90. The molecule has 0 aliphatic heterocycles. The molecule has 1 aromatic carbocycles. The number of rotatable bonds is 16. The Hall–Kier alpha value is -1.83. The van der Waals surface area contributed by atoms with Crippen molar-refractivity contribution < 1.29 is 0 Å². The minimum Gasteiger partial charge on any atom is -0.347 e. The van der Waals surface area contributed by atoms with E-state index in [-0.39, 0.29) is 5.43 Å². The molecule has 0 unspecified atom stereocenters. The van der Waals surface area contributed by atoms with Crippen LogP contribution in [0.25, 0.3) is 10.9 Å². The lowest BCUT2D eigenvalue weighted by Crippen LogP contribution is -2.11. The Morgan fingerprint density at radius 2 is 1.33 bits per heavy atom. The predicted octanol–water partition coefficient (Wildman–Crippen LogP) is 8.12. The Labute approximate surface area is 184 Å². The molecule has 0 bridgehead atoms. The summed E-state index contributed by atoms with van der Waals surface area (Å²) in [6, 6.07) is 9.75. The van der Waals surface area contributed by atoms with Gasteiger partial charge in [0.15, 0.2) is 5.43 Å². The molecular formula is C28H43NO. The number of aryl methyl sites for hydroxylation is 2. The second-order valence-electron chi connectivity index (χ2n) is 8.76. The summed E-state index contributed by atoms with van der Waals surface area (Å²) in [4.78, 5) is 12.3.